The average Bonchev–Trinajstić information content (AvgIpc) is 2.16. The number of halogens is 1. The fourth-order valence-corrected chi connectivity index (χ4v) is 1.62. The van der Waals surface area contributed by atoms with Crippen molar-refractivity contribution in [2.45, 2.75) is 26.2 Å². The molecule has 1 nitrogen and oxygen atoms in total. The molecule has 0 aliphatic carbocycles. The molecule has 0 saturated heterocycles. The van der Waals surface area contributed by atoms with Gasteiger partial charge in [0.2, 0.25) is 0 Å². The van der Waals surface area contributed by atoms with Crippen LogP contribution in [0.15, 0.2) is 36.4 Å². The zero-order chi connectivity index (χ0) is 11.6. The number of hydrogen-bond acceptors (Lipinski definition) is 1. The molecule has 0 saturated carbocycles. The molecule has 80 valence electrons. The van der Waals surface area contributed by atoms with Crippen molar-refractivity contribution in [2.24, 2.45) is 0 Å². The zero-order valence-corrected chi connectivity index (χ0v) is 9.30. The molecular weight excluding hydrogens is 191 g/mol. The van der Waals surface area contributed by atoms with Gasteiger partial charge in [0.25, 0.3) is 0 Å². The Bertz CT molecular complexity index is 405. The van der Waals surface area contributed by atoms with Crippen molar-refractivity contribution in [1.82, 2.24) is 0 Å². The second-order valence-corrected chi connectivity index (χ2v) is 4.21. The van der Waals surface area contributed by atoms with Gasteiger partial charge >= 0.3 is 0 Å². The minimum Gasteiger partial charge on any atom is -0.294 e. The molecule has 0 bridgehead atoms. The van der Waals surface area contributed by atoms with E-state index >= 15 is 0 Å². The first-order chi connectivity index (χ1) is 6.87. The summed E-state index contributed by atoms with van der Waals surface area (Å²) in [6.07, 6.45) is 0. The number of hydrogen-bond donors (Lipinski definition) is 0. The normalized spacial score (nSPS) is 11.2. The fourth-order valence-electron chi connectivity index (χ4n) is 1.62. The smallest absolute Gasteiger partial charge is 0.168 e. The Kier molecular flexibility index (Phi) is 3.08. The van der Waals surface area contributed by atoms with Gasteiger partial charge in [0.15, 0.2) is 5.78 Å². The minimum absolute atomic E-state index is 0.132. The number of ketones is 1. The molecular formula is C13H15FO. The lowest BCUT2D eigenvalue weighted by Crippen LogP contribution is -2.30. The quantitative estimate of drug-likeness (QED) is 0.694. The maximum absolute atomic E-state index is 13.5. The molecule has 15 heavy (non-hydrogen) atoms. The Labute approximate surface area is 89.6 Å². The molecule has 1 rings (SSSR count). The molecule has 0 atom stereocenters. The molecule has 0 spiro atoms. The third-order valence-corrected chi connectivity index (χ3v) is 2.50. The SMILES string of the molecule is C=C(C)C(=O)C(C)(C)c1ccccc1F. The Morgan fingerprint density at radius 3 is 2.33 bits per heavy atom. The van der Waals surface area contributed by atoms with E-state index < -0.39 is 5.41 Å². The summed E-state index contributed by atoms with van der Waals surface area (Å²) < 4.78 is 13.5. The number of carbonyl (C=O) groups is 1. The van der Waals surface area contributed by atoms with Gasteiger partial charge < -0.3 is 0 Å². The van der Waals surface area contributed by atoms with Gasteiger partial charge in [-0.25, -0.2) is 4.39 Å². The monoisotopic (exact) mass is 206 g/mol. The van der Waals surface area contributed by atoms with Crippen molar-refractivity contribution >= 4 is 5.78 Å². The first-order valence-corrected chi connectivity index (χ1v) is 4.82. The molecule has 1 aromatic carbocycles. The van der Waals surface area contributed by atoms with Crippen molar-refractivity contribution in [3.05, 3.63) is 47.8 Å². The highest BCUT2D eigenvalue weighted by Gasteiger charge is 2.31. The summed E-state index contributed by atoms with van der Waals surface area (Å²) in [5.74, 6) is -0.482. The first kappa shape index (κ1) is 11.6. The Morgan fingerprint density at radius 2 is 1.87 bits per heavy atom. The third kappa shape index (κ3) is 2.14. The van der Waals surface area contributed by atoms with Crippen LogP contribution < -0.4 is 0 Å². The molecule has 0 fully saturated rings. The van der Waals surface area contributed by atoms with E-state index in [2.05, 4.69) is 6.58 Å². The predicted molar refractivity (Wildman–Crippen MR) is 59.2 cm³/mol. The highest BCUT2D eigenvalue weighted by Crippen LogP contribution is 2.28. The van der Waals surface area contributed by atoms with E-state index in [9.17, 15) is 9.18 Å². The van der Waals surface area contributed by atoms with Crippen LogP contribution in [-0.4, -0.2) is 5.78 Å². The lowest BCUT2D eigenvalue weighted by Gasteiger charge is -2.24. The van der Waals surface area contributed by atoms with Crippen LogP contribution in [-0.2, 0) is 10.2 Å². The summed E-state index contributed by atoms with van der Waals surface area (Å²) >= 11 is 0. The number of Topliss-reactive ketones (excluding diaryl/α,β-unsaturated/α-hetero) is 1. The van der Waals surface area contributed by atoms with E-state index in [0.29, 0.717) is 11.1 Å². The molecule has 0 aliphatic rings. The van der Waals surface area contributed by atoms with Crippen molar-refractivity contribution in [3.8, 4) is 0 Å². The van der Waals surface area contributed by atoms with Crippen LogP contribution in [0.3, 0.4) is 0 Å². The summed E-state index contributed by atoms with van der Waals surface area (Å²) in [4.78, 5) is 11.9. The van der Waals surface area contributed by atoms with Crippen LogP contribution >= 0.6 is 0 Å². The van der Waals surface area contributed by atoms with Gasteiger partial charge in [-0.05, 0) is 32.4 Å². The van der Waals surface area contributed by atoms with Crippen molar-refractivity contribution < 1.29 is 9.18 Å². The Morgan fingerprint density at radius 1 is 1.33 bits per heavy atom. The van der Waals surface area contributed by atoms with Crippen LogP contribution in [0.25, 0.3) is 0 Å². The molecule has 2 heteroatoms. The van der Waals surface area contributed by atoms with Crippen LogP contribution in [0, 0.1) is 5.82 Å². The number of allylic oxidation sites excluding steroid dienone is 1. The summed E-state index contributed by atoms with van der Waals surface area (Å²) in [6.45, 7) is 8.67. The Balaban J connectivity index is 3.22. The van der Waals surface area contributed by atoms with Crippen LogP contribution in [0.5, 0.6) is 0 Å². The highest BCUT2D eigenvalue weighted by molar-refractivity contribution is 6.02. The molecule has 0 unspecified atom stereocenters. The van der Waals surface area contributed by atoms with E-state index in [1.54, 1.807) is 39.0 Å². The molecule has 0 heterocycles. The van der Waals surface area contributed by atoms with E-state index in [4.69, 9.17) is 0 Å². The third-order valence-electron chi connectivity index (χ3n) is 2.50. The van der Waals surface area contributed by atoms with E-state index in [-0.39, 0.29) is 11.6 Å². The number of rotatable bonds is 3. The summed E-state index contributed by atoms with van der Waals surface area (Å²) in [5.41, 5.74) is 0.0122. The second-order valence-electron chi connectivity index (χ2n) is 4.21. The van der Waals surface area contributed by atoms with Crippen molar-refractivity contribution in [1.29, 1.82) is 0 Å². The zero-order valence-electron chi connectivity index (χ0n) is 9.30. The van der Waals surface area contributed by atoms with Gasteiger partial charge in [-0.15, -0.1) is 0 Å². The van der Waals surface area contributed by atoms with Crippen LogP contribution in [0.1, 0.15) is 26.3 Å². The second kappa shape index (κ2) is 3.97. The Hall–Kier alpha value is -1.44. The molecule has 0 amide bonds. The summed E-state index contributed by atoms with van der Waals surface area (Å²) in [6, 6.07) is 6.34. The average molecular weight is 206 g/mol. The van der Waals surface area contributed by atoms with E-state index in [0.717, 1.165) is 0 Å². The minimum atomic E-state index is -0.850. The van der Waals surface area contributed by atoms with Crippen LogP contribution in [0.4, 0.5) is 4.39 Å². The molecule has 0 aliphatic heterocycles. The van der Waals surface area contributed by atoms with Crippen LogP contribution in [0.2, 0.25) is 0 Å². The van der Waals surface area contributed by atoms with Gasteiger partial charge in [-0.2, -0.15) is 0 Å². The maximum Gasteiger partial charge on any atom is 0.168 e. The van der Waals surface area contributed by atoms with E-state index in [1.807, 2.05) is 0 Å². The van der Waals surface area contributed by atoms with Gasteiger partial charge in [-0.3, -0.25) is 4.79 Å². The number of benzene rings is 1. The molecule has 0 aromatic heterocycles. The lowest BCUT2D eigenvalue weighted by molar-refractivity contribution is -0.119. The predicted octanol–water partition coefficient (Wildman–Crippen LogP) is 3.25. The van der Waals surface area contributed by atoms with Gasteiger partial charge in [0, 0.05) is 5.56 Å². The summed E-state index contributed by atoms with van der Waals surface area (Å²) in [7, 11) is 0. The van der Waals surface area contributed by atoms with Gasteiger partial charge in [0.05, 0.1) is 5.41 Å². The van der Waals surface area contributed by atoms with Crippen molar-refractivity contribution in [3.63, 3.8) is 0 Å². The summed E-state index contributed by atoms with van der Waals surface area (Å²) in [5, 5.41) is 0. The van der Waals surface area contributed by atoms with Gasteiger partial charge in [-0.1, -0.05) is 24.8 Å². The lowest BCUT2D eigenvalue weighted by atomic mass is 9.78. The highest BCUT2D eigenvalue weighted by atomic mass is 19.1. The topological polar surface area (TPSA) is 17.1 Å². The first-order valence-electron chi connectivity index (χ1n) is 4.82. The maximum atomic E-state index is 13.5. The van der Waals surface area contributed by atoms with Crippen molar-refractivity contribution in [2.75, 3.05) is 0 Å². The molecule has 1 aromatic rings. The van der Waals surface area contributed by atoms with E-state index in [1.165, 1.54) is 6.07 Å². The molecule has 0 N–H and O–H groups in total. The largest absolute Gasteiger partial charge is 0.294 e. The fraction of sp³-hybridized carbons (Fsp3) is 0.308. The molecule has 0 radical (unpaired) electrons. The number of carbonyl (C=O) groups excluding carboxylic acids is 1. The van der Waals surface area contributed by atoms with Gasteiger partial charge in [0.1, 0.15) is 5.82 Å². The standard InChI is InChI=1S/C13H15FO/c1-9(2)12(15)13(3,4)10-7-5-6-8-11(10)14/h5-8H,1H2,2-4H3.